The van der Waals surface area contributed by atoms with E-state index in [0.717, 1.165) is 18.1 Å². The van der Waals surface area contributed by atoms with Crippen LogP contribution >= 0.6 is 0 Å². The van der Waals surface area contributed by atoms with E-state index in [9.17, 15) is 4.79 Å². The topological polar surface area (TPSA) is 51.3 Å². The number of hydrogen-bond acceptors (Lipinski definition) is 3. The van der Waals surface area contributed by atoms with Crippen LogP contribution in [0.15, 0.2) is 65.5 Å². The lowest BCUT2D eigenvalue weighted by atomic mass is 10.2. The van der Waals surface area contributed by atoms with Gasteiger partial charge in [-0.2, -0.15) is 0 Å². The maximum absolute atomic E-state index is 12.3. The molecule has 2 aromatic heterocycles. The normalized spacial score (nSPS) is 10.7. The summed E-state index contributed by atoms with van der Waals surface area (Å²) in [6.45, 7) is 3.53. The van der Waals surface area contributed by atoms with Crippen LogP contribution in [0.25, 0.3) is 0 Å². The SMILES string of the molecule is CCC(=O)N(Cc1ccco1)Cc1nccn1Cc1ccccc1. The molecular formula is C19H21N3O2. The van der Waals surface area contributed by atoms with E-state index in [1.54, 1.807) is 17.4 Å². The Balaban J connectivity index is 1.75. The van der Waals surface area contributed by atoms with Crippen molar-refractivity contribution in [3.63, 3.8) is 0 Å². The molecule has 5 nitrogen and oxygen atoms in total. The van der Waals surface area contributed by atoms with Crippen LogP contribution in [0.2, 0.25) is 0 Å². The molecule has 1 aromatic carbocycles. The Morgan fingerprint density at radius 2 is 2.00 bits per heavy atom. The lowest BCUT2D eigenvalue weighted by Gasteiger charge is -2.21. The minimum Gasteiger partial charge on any atom is -0.467 e. The number of rotatable bonds is 7. The Hall–Kier alpha value is -2.82. The quantitative estimate of drug-likeness (QED) is 0.669. The Morgan fingerprint density at radius 1 is 1.17 bits per heavy atom. The van der Waals surface area contributed by atoms with E-state index in [1.807, 2.05) is 43.5 Å². The minimum atomic E-state index is 0.0839. The third-order valence-electron chi connectivity index (χ3n) is 3.91. The van der Waals surface area contributed by atoms with Crippen molar-refractivity contribution in [2.75, 3.05) is 0 Å². The van der Waals surface area contributed by atoms with E-state index in [1.165, 1.54) is 5.56 Å². The molecule has 0 spiro atoms. The number of aromatic nitrogens is 2. The second-order valence-corrected chi connectivity index (χ2v) is 5.64. The van der Waals surface area contributed by atoms with Crippen molar-refractivity contribution in [2.24, 2.45) is 0 Å². The second-order valence-electron chi connectivity index (χ2n) is 5.64. The third-order valence-corrected chi connectivity index (χ3v) is 3.91. The van der Waals surface area contributed by atoms with Gasteiger partial charge in [-0.25, -0.2) is 4.98 Å². The zero-order chi connectivity index (χ0) is 16.8. The molecule has 0 N–H and O–H groups in total. The van der Waals surface area contributed by atoms with Crippen LogP contribution in [-0.4, -0.2) is 20.4 Å². The molecule has 3 aromatic rings. The second kappa shape index (κ2) is 7.64. The smallest absolute Gasteiger partial charge is 0.223 e. The number of imidazole rings is 1. The van der Waals surface area contributed by atoms with Crippen LogP contribution in [0.1, 0.15) is 30.5 Å². The summed E-state index contributed by atoms with van der Waals surface area (Å²) in [5.41, 5.74) is 1.20. The molecule has 0 saturated carbocycles. The van der Waals surface area contributed by atoms with Crippen LogP contribution < -0.4 is 0 Å². The molecule has 0 saturated heterocycles. The van der Waals surface area contributed by atoms with Crippen LogP contribution in [0, 0.1) is 0 Å². The van der Waals surface area contributed by atoms with Gasteiger partial charge in [0.2, 0.25) is 5.91 Å². The predicted molar refractivity (Wildman–Crippen MR) is 91.0 cm³/mol. The van der Waals surface area contributed by atoms with Gasteiger partial charge in [0.25, 0.3) is 0 Å². The van der Waals surface area contributed by atoms with Crippen LogP contribution in [0.3, 0.4) is 0 Å². The highest BCUT2D eigenvalue weighted by molar-refractivity contribution is 5.75. The van der Waals surface area contributed by atoms with Crippen LogP contribution in [0.5, 0.6) is 0 Å². The van der Waals surface area contributed by atoms with Gasteiger partial charge in [-0.3, -0.25) is 4.79 Å². The van der Waals surface area contributed by atoms with Gasteiger partial charge in [0.05, 0.1) is 19.4 Å². The Bertz CT molecular complexity index is 763. The summed E-state index contributed by atoms with van der Waals surface area (Å²) in [5, 5.41) is 0. The molecule has 0 aliphatic heterocycles. The molecule has 0 radical (unpaired) electrons. The average Bonchev–Trinajstić information content (AvgIpc) is 3.27. The molecule has 0 unspecified atom stereocenters. The van der Waals surface area contributed by atoms with E-state index < -0.39 is 0 Å². The Morgan fingerprint density at radius 3 is 2.71 bits per heavy atom. The van der Waals surface area contributed by atoms with E-state index in [0.29, 0.717) is 19.5 Å². The van der Waals surface area contributed by atoms with Gasteiger partial charge in [0.1, 0.15) is 11.6 Å². The predicted octanol–water partition coefficient (Wildman–Crippen LogP) is 3.46. The van der Waals surface area contributed by atoms with Gasteiger partial charge in [-0.05, 0) is 17.7 Å². The van der Waals surface area contributed by atoms with Gasteiger partial charge in [0, 0.05) is 25.4 Å². The van der Waals surface area contributed by atoms with Gasteiger partial charge in [0.15, 0.2) is 0 Å². The fourth-order valence-corrected chi connectivity index (χ4v) is 2.63. The van der Waals surface area contributed by atoms with Gasteiger partial charge < -0.3 is 13.9 Å². The Kier molecular flexibility index (Phi) is 5.11. The number of carbonyl (C=O) groups excluding carboxylic acids is 1. The largest absolute Gasteiger partial charge is 0.467 e. The van der Waals surface area contributed by atoms with Gasteiger partial charge in [-0.1, -0.05) is 37.3 Å². The summed E-state index contributed by atoms with van der Waals surface area (Å²) in [7, 11) is 0. The molecule has 0 atom stereocenters. The number of carbonyl (C=O) groups is 1. The summed E-state index contributed by atoms with van der Waals surface area (Å²) in [6.07, 6.45) is 5.81. The van der Waals surface area contributed by atoms with Crippen molar-refractivity contribution in [2.45, 2.75) is 33.0 Å². The number of benzene rings is 1. The first-order chi connectivity index (χ1) is 11.8. The molecule has 2 heterocycles. The lowest BCUT2D eigenvalue weighted by Crippen LogP contribution is -2.30. The van der Waals surface area contributed by atoms with Crippen molar-refractivity contribution in [3.05, 3.63) is 78.3 Å². The van der Waals surface area contributed by atoms with Gasteiger partial charge in [-0.15, -0.1) is 0 Å². The molecule has 0 aliphatic carbocycles. The van der Waals surface area contributed by atoms with Crippen molar-refractivity contribution >= 4 is 5.91 Å². The van der Waals surface area contributed by atoms with E-state index in [-0.39, 0.29) is 5.91 Å². The fraction of sp³-hybridized carbons (Fsp3) is 0.263. The molecule has 0 fully saturated rings. The van der Waals surface area contributed by atoms with Crippen molar-refractivity contribution in [1.82, 2.24) is 14.5 Å². The number of amides is 1. The highest BCUT2D eigenvalue weighted by Gasteiger charge is 2.16. The first-order valence-corrected chi connectivity index (χ1v) is 8.10. The monoisotopic (exact) mass is 323 g/mol. The van der Waals surface area contributed by atoms with Crippen molar-refractivity contribution in [3.8, 4) is 0 Å². The molecule has 0 bridgehead atoms. The fourth-order valence-electron chi connectivity index (χ4n) is 2.63. The van der Waals surface area contributed by atoms with Gasteiger partial charge >= 0.3 is 0 Å². The zero-order valence-electron chi connectivity index (χ0n) is 13.8. The molecule has 5 heteroatoms. The summed E-state index contributed by atoms with van der Waals surface area (Å²) >= 11 is 0. The highest BCUT2D eigenvalue weighted by Crippen LogP contribution is 2.13. The molecular weight excluding hydrogens is 302 g/mol. The summed E-state index contributed by atoms with van der Waals surface area (Å²) in [5.74, 6) is 1.73. The maximum Gasteiger partial charge on any atom is 0.223 e. The highest BCUT2D eigenvalue weighted by atomic mass is 16.3. The number of furan rings is 1. The molecule has 124 valence electrons. The standard InChI is InChI=1S/C19H21N3O2/c1-2-19(23)22(14-17-9-6-12-24-17)15-18-20-10-11-21(18)13-16-7-4-3-5-8-16/h3-12H,2,13-15H2,1H3. The number of hydrogen-bond donors (Lipinski definition) is 0. The first kappa shape index (κ1) is 16.1. The summed E-state index contributed by atoms with van der Waals surface area (Å²) in [4.78, 5) is 18.5. The number of nitrogens with zero attached hydrogens (tertiary/aromatic N) is 3. The molecule has 1 amide bonds. The molecule has 3 rings (SSSR count). The summed E-state index contributed by atoms with van der Waals surface area (Å²) in [6, 6.07) is 13.9. The Labute approximate surface area is 141 Å². The maximum atomic E-state index is 12.3. The van der Waals surface area contributed by atoms with Crippen molar-refractivity contribution in [1.29, 1.82) is 0 Å². The zero-order valence-corrected chi connectivity index (χ0v) is 13.8. The average molecular weight is 323 g/mol. The molecule has 24 heavy (non-hydrogen) atoms. The first-order valence-electron chi connectivity index (χ1n) is 8.10. The minimum absolute atomic E-state index is 0.0839. The van der Waals surface area contributed by atoms with E-state index >= 15 is 0 Å². The third kappa shape index (κ3) is 3.93. The van der Waals surface area contributed by atoms with Crippen molar-refractivity contribution < 1.29 is 9.21 Å². The van der Waals surface area contributed by atoms with E-state index in [4.69, 9.17) is 4.42 Å². The molecule has 0 aliphatic rings. The summed E-state index contributed by atoms with van der Waals surface area (Å²) < 4.78 is 7.46. The lowest BCUT2D eigenvalue weighted by molar-refractivity contribution is -0.132. The van der Waals surface area contributed by atoms with Crippen LogP contribution in [0.4, 0.5) is 0 Å². The van der Waals surface area contributed by atoms with Crippen LogP contribution in [-0.2, 0) is 24.4 Å². The van der Waals surface area contributed by atoms with E-state index in [2.05, 4.69) is 21.7 Å².